The molecule has 2 heteroatoms. The highest BCUT2D eigenvalue weighted by molar-refractivity contribution is 5.45. The molecule has 2 fully saturated rings. The molecule has 2 nitrogen and oxygen atoms in total. The number of hydrogen-bond acceptors (Lipinski definition) is 2. The molecule has 2 N–H and O–H groups in total. The van der Waals surface area contributed by atoms with Crippen molar-refractivity contribution in [2.75, 3.05) is 0 Å². The van der Waals surface area contributed by atoms with Crippen LogP contribution in [0.4, 0.5) is 0 Å². The van der Waals surface area contributed by atoms with Crippen LogP contribution in [0.25, 0.3) is 0 Å². The molecule has 4 rings (SSSR count). The van der Waals surface area contributed by atoms with Gasteiger partial charge in [-0.25, -0.2) is 0 Å². The molecular weight excluding hydrogens is 248 g/mol. The lowest BCUT2D eigenvalue weighted by Gasteiger charge is -2.47. The van der Waals surface area contributed by atoms with E-state index in [1.807, 2.05) is 12.2 Å². The summed E-state index contributed by atoms with van der Waals surface area (Å²) >= 11 is 0. The molecule has 106 valence electrons. The van der Waals surface area contributed by atoms with Crippen molar-refractivity contribution in [2.45, 2.75) is 38.7 Å². The van der Waals surface area contributed by atoms with Crippen LogP contribution in [0.15, 0.2) is 47.3 Å². The summed E-state index contributed by atoms with van der Waals surface area (Å²) in [6.45, 7) is 2.27. The summed E-state index contributed by atoms with van der Waals surface area (Å²) in [4.78, 5) is 0. The first-order chi connectivity index (χ1) is 9.59. The number of aliphatic hydroxyl groups is 2. The number of rotatable bonds is 0. The second kappa shape index (κ2) is 4.11. The fourth-order valence-corrected chi connectivity index (χ4v) is 4.97. The Morgan fingerprint density at radius 1 is 1.20 bits per heavy atom. The zero-order valence-electron chi connectivity index (χ0n) is 11.9. The fraction of sp³-hybridized carbons (Fsp3) is 0.556. The minimum atomic E-state index is -0.134. The predicted molar refractivity (Wildman–Crippen MR) is 79.1 cm³/mol. The lowest BCUT2D eigenvalue weighted by molar-refractivity contribution is 0.0192. The largest absolute Gasteiger partial charge is 0.508 e. The van der Waals surface area contributed by atoms with Gasteiger partial charge in [-0.3, -0.25) is 0 Å². The number of fused-ring (bicyclic) bond motifs is 5. The van der Waals surface area contributed by atoms with Crippen molar-refractivity contribution in [1.29, 1.82) is 0 Å². The molecular formula is C18H22O2. The number of aliphatic hydroxyl groups excluding tert-OH is 2. The Hall–Kier alpha value is -1.28. The van der Waals surface area contributed by atoms with Crippen LogP contribution in [0.3, 0.4) is 0 Å². The van der Waals surface area contributed by atoms with E-state index in [9.17, 15) is 10.2 Å². The first kappa shape index (κ1) is 12.5. The maximum atomic E-state index is 10.3. The molecule has 20 heavy (non-hydrogen) atoms. The Kier molecular flexibility index (Phi) is 2.56. The van der Waals surface area contributed by atoms with E-state index < -0.39 is 0 Å². The molecule has 4 aliphatic carbocycles. The highest BCUT2D eigenvalue weighted by Crippen LogP contribution is 2.59. The van der Waals surface area contributed by atoms with Gasteiger partial charge in [-0.05, 0) is 55.2 Å². The fourth-order valence-electron chi connectivity index (χ4n) is 4.97. The average Bonchev–Trinajstić information content (AvgIpc) is 2.74. The van der Waals surface area contributed by atoms with Crippen molar-refractivity contribution >= 4 is 0 Å². The monoisotopic (exact) mass is 270 g/mol. The second-order valence-electron chi connectivity index (χ2n) is 7.08. The van der Waals surface area contributed by atoms with Gasteiger partial charge in [0.05, 0.1) is 6.10 Å². The van der Waals surface area contributed by atoms with Crippen molar-refractivity contribution in [3.8, 4) is 0 Å². The molecule has 0 radical (unpaired) electrons. The summed E-state index contributed by atoms with van der Waals surface area (Å²) in [7, 11) is 0. The summed E-state index contributed by atoms with van der Waals surface area (Å²) in [6.07, 6.45) is 14.6. The van der Waals surface area contributed by atoms with Crippen molar-refractivity contribution < 1.29 is 10.2 Å². The standard InChI is InChI=1S/C18H22O2/c1-18-9-8-14-13-5-3-12(19)10-11(13)2-4-15(14)16(18)6-7-17(18)20/h2-5,10,13-14,16-17,19-20H,6-9H2,1H3/t13-,14+,16-,17?,18-/m0/s1. The van der Waals surface area contributed by atoms with Crippen molar-refractivity contribution in [1.82, 2.24) is 0 Å². The normalized spacial score (nSPS) is 45.8. The highest BCUT2D eigenvalue weighted by Gasteiger charge is 2.52. The quantitative estimate of drug-likeness (QED) is 0.705. The molecule has 0 aromatic rings. The molecule has 0 aliphatic heterocycles. The molecule has 0 aromatic heterocycles. The number of hydrogen-bond donors (Lipinski definition) is 2. The molecule has 4 aliphatic rings. The Labute approximate surface area is 120 Å². The molecule has 1 unspecified atom stereocenters. The second-order valence-corrected chi connectivity index (χ2v) is 7.08. The Morgan fingerprint density at radius 2 is 2.05 bits per heavy atom. The van der Waals surface area contributed by atoms with Crippen LogP contribution in [-0.4, -0.2) is 16.3 Å². The summed E-state index contributed by atoms with van der Waals surface area (Å²) in [6, 6.07) is 0. The summed E-state index contributed by atoms with van der Waals surface area (Å²) in [5.74, 6) is 1.90. The maximum absolute atomic E-state index is 10.3. The van der Waals surface area contributed by atoms with Gasteiger partial charge in [0.15, 0.2) is 0 Å². The van der Waals surface area contributed by atoms with Crippen LogP contribution in [0, 0.1) is 23.2 Å². The van der Waals surface area contributed by atoms with Gasteiger partial charge in [-0.1, -0.05) is 30.7 Å². The molecule has 0 aromatic carbocycles. The van der Waals surface area contributed by atoms with Crippen LogP contribution in [0.1, 0.15) is 32.6 Å². The summed E-state index contributed by atoms with van der Waals surface area (Å²) < 4.78 is 0. The Morgan fingerprint density at radius 3 is 2.90 bits per heavy atom. The van der Waals surface area contributed by atoms with Gasteiger partial charge in [0.2, 0.25) is 0 Å². The van der Waals surface area contributed by atoms with E-state index >= 15 is 0 Å². The maximum Gasteiger partial charge on any atom is 0.115 e. The van der Waals surface area contributed by atoms with Gasteiger partial charge in [0.1, 0.15) is 5.76 Å². The van der Waals surface area contributed by atoms with Gasteiger partial charge in [0.25, 0.3) is 0 Å². The Bertz CT molecular complexity index is 566. The van der Waals surface area contributed by atoms with Crippen molar-refractivity contribution in [2.24, 2.45) is 23.2 Å². The highest BCUT2D eigenvalue weighted by atomic mass is 16.3. The molecule has 0 heterocycles. The first-order valence-corrected chi connectivity index (χ1v) is 7.78. The smallest absolute Gasteiger partial charge is 0.115 e. The minimum absolute atomic E-state index is 0.0873. The van der Waals surface area contributed by atoms with Crippen LogP contribution >= 0.6 is 0 Å². The molecule has 5 atom stereocenters. The third-order valence-corrected chi connectivity index (χ3v) is 6.19. The minimum Gasteiger partial charge on any atom is -0.508 e. The van der Waals surface area contributed by atoms with E-state index in [1.165, 1.54) is 5.57 Å². The summed E-state index contributed by atoms with van der Waals surface area (Å²) in [5, 5.41) is 20.0. The first-order valence-electron chi connectivity index (χ1n) is 7.78. The van der Waals surface area contributed by atoms with E-state index in [1.54, 1.807) is 5.57 Å². The molecule has 0 spiro atoms. The SMILES string of the molecule is C[C@]12CC[C@H]3C(=CC=C4C=C(O)C=C[C@@H]43)[C@@H]1CCC2O. The van der Waals surface area contributed by atoms with E-state index in [2.05, 4.69) is 25.2 Å². The predicted octanol–water partition coefficient (Wildman–Crippen LogP) is 3.67. The van der Waals surface area contributed by atoms with Crippen LogP contribution in [0.2, 0.25) is 0 Å². The van der Waals surface area contributed by atoms with Gasteiger partial charge in [0, 0.05) is 11.3 Å². The third kappa shape index (κ3) is 1.54. The van der Waals surface area contributed by atoms with Gasteiger partial charge >= 0.3 is 0 Å². The Balaban J connectivity index is 1.75. The number of allylic oxidation sites excluding steroid dienone is 7. The lowest BCUT2D eigenvalue weighted by atomic mass is 9.58. The molecule has 0 bridgehead atoms. The van der Waals surface area contributed by atoms with Gasteiger partial charge in [-0.15, -0.1) is 0 Å². The van der Waals surface area contributed by atoms with Gasteiger partial charge < -0.3 is 10.2 Å². The van der Waals surface area contributed by atoms with Crippen LogP contribution in [-0.2, 0) is 0 Å². The molecule has 0 saturated heterocycles. The lowest BCUT2D eigenvalue weighted by Crippen LogP contribution is -2.41. The van der Waals surface area contributed by atoms with Crippen LogP contribution in [0.5, 0.6) is 0 Å². The van der Waals surface area contributed by atoms with E-state index in [4.69, 9.17) is 0 Å². The molecule has 0 amide bonds. The molecule has 2 saturated carbocycles. The zero-order chi connectivity index (χ0) is 13.9. The summed E-state index contributed by atoms with van der Waals surface area (Å²) in [5.41, 5.74) is 2.87. The van der Waals surface area contributed by atoms with Crippen LogP contribution < -0.4 is 0 Å². The van der Waals surface area contributed by atoms with Gasteiger partial charge in [-0.2, -0.15) is 0 Å². The zero-order valence-corrected chi connectivity index (χ0v) is 11.9. The topological polar surface area (TPSA) is 40.5 Å². The van der Waals surface area contributed by atoms with E-state index in [0.717, 1.165) is 25.7 Å². The average molecular weight is 270 g/mol. The third-order valence-electron chi connectivity index (χ3n) is 6.19. The van der Waals surface area contributed by atoms with E-state index in [-0.39, 0.29) is 11.5 Å². The van der Waals surface area contributed by atoms with Crippen molar-refractivity contribution in [3.63, 3.8) is 0 Å². The van der Waals surface area contributed by atoms with E-state index in [0.29, 0.717) is 23.5 Å². The van der Waals surface area contributed by atoms with Crippen molar-refractivity contribution in [3.05, 3.63) is 47.3 Å².